The number of anilines is 3. The summed E-state index contributed by atoms with van der Waals surface area (Å²) in [4.78, 5) is 26.1. The number of ether oxygens (including phenoxy) is 1. The third-order valence-electron chi connectivity index (χ3n) is 5.01. The Bertz CT molecular complexity index is 645. The van der Waals surface area contributed by atoms with Gasteiger partial charge in [0.2, 0.25) is 17.6 Å². The smallest absolute Gasteiger partial charge is 0.353 e. The average molecular weight is 380 g/mol. The van der Waals surface area contributed by atoms with Crippen LogP contribution >= 0.6 is 0 Å². The van der Waals surface area contributed by atoms with Crippen molar-refractivity contribution in [1.29, 1.82) is 0 Å². The van der Waals surface area contributed by atoms with Gasteiger partial charge in [0, 0.05) is 52.4 Å². The molecule has 0 radical (unpaired) electrons. The molecule has 1 aromatic rings. The van der Waals surface area contributed by atoms with Crippen molar-refractivity contribution in [3.05, 3.63) is 10.1 Å². The normalized spacial score (nSPS) is 19.2. The number of hydrogen-bond donors (Lipinski definition) is 2. The van der Waals surface area contributed by atoms with Crippen LogP contribution < -0.4 is 16.0 Å². The number of piperazine rings is 1. The second-order valence-electron chi connectivity index (χ2n) is 6.66. The SMILES string of the molecule is CCN1CCN(c2nc(NCCN3CCOCC3)nc(N)c2[N+](=O)[O-])CC1. The Balaban J connectivity index is 1.70. The fourth-order valence-electron chi connectivity index (χ4n) is 3.36. The van der Waals surface area contributed by atoms with Gasteiger partial charge in [-0.05, 0) is 6.54 Å². The molecule has 3 rings (SSSR count). The number of nitrogens with one attached hydrogen (secondary N) is 1. The zero-order valence-electron chi connectivity index (χ0n) is 15.8. The van der Waals surface area contributed by atoms with Crippen LogP contribution in [0.25, 0.3) is 0 Å². The zero-order chi connectivity index (χ0) is 19.2. The molecule has 0 amide bonds. The van der Waals surface area contributed by atoms with E-state index >= 15 is 0 Å². The van der Waals surface area contributed by atoms with Gasteiger partial charge in [-0.25, -0.2) is 0 Å². The van der Waals surface area contributed by atoms with Gasteiger partial charge in [0.25, 0.3) is 0 Å². The predicted octanol–water partition coefficient (Wildman–Crippen LogP) is -0.147. The molecule has 0 atom stereocenters. The zero-order valence-corrected chi connectivity index (χ0v) is 15.8. The lowest BCUT2D eigenvalue weighted by Gasteiger charge is -2.34. The Morgan fingerprint density at radius 2 is 1.85 bits per heavy atom. The second-order valence-corrected chi connectivity index (χ2v) is 6.66. The van der Waals surface area contributed by atoms with Crippen molar-refractivity contribution in [1.82, 2.24) is 19.8 Å². The van der Waals surface area contributed by atoms with E-state index in [0.717, 1.165) is 52.5 Å². The monoisotopic (exact) mass is 380 g/mol. The van der Waals surface area contributed by atoms with E-state index in [1.807, 2.05) is 4.90 Å². The summed E-state index contributed by atoms with van der Waals surface area (Å²) < 4.78 is 5.34. The van der Waals surface area contributed by atoms with Crippen LogP contribution in [0.4, 0.5) is 23.3 Å². The largest absolute Gasteiger partial charge is 0.379 e. The highest BCUT2D eigenvalue weighted by Crippen LogP contribution is 2.32. The van der Waals surface area contributed by atoms with Crippen molar-refractivity contribution in [3.63, 3.8) is 0 Å². The molecule has 0 bridgehead atoms. The fraction of sp³-hybridized carbons (Fsp3) is 0.750. The number of rotatable bonds is 7. The van der Waals surface area contributed by atoms with Crippen LogP contribution in [-0.2, 0) is 4.74 Å². The van der Waals surface area contributed by atoms with Gasteiger partial charge in [-0.15, -0.1) is 0 Å². The first kappa shape index (κ1) is 19.5. The van der Waals surface area contributed by atoms with Crippen LogP contribution in [-0.4, -0.2) is 96.8 Å². The molecule has 2 aliphatic heterocycles. The molecule has 0 unspecified atom stereocenters. The van der Waals surface area contributed by atoms with E-state index in [4.69, 9.17) is 10.5 Å². The highest BCUT2D eigenvalue weighted by atomic mass is 16.6. The number of hydrogen-bond acceptors (Lipinski definition) is 10. The molecular formula is C16H28N8O3. The van der Waals surface area contributed by atoms with E-state index in [-0.39, 0.29) is 11.5 Å². The minimum absolute atomic E-state index is 0.100. The molecule has 0 saturated carbocycles. The fourth-order valence-corrected chi connectivity index (χ4v) is 3.36. The second kappa shape index (κ2) is 9.11. The maximum atomic E-state index is 11.5. The summed E-state index contributed by atoms with van der Waals surface area (Å²) in [5, 5.41) is 14.7. The first-order valence-corrected chi connectivity index (χ1v) is 9.41. The molecule has 150 valence electrons. The number of nitrogens with two attached hydrogens (primary N) is 1. The van der Waals surface area contributed by atoms with Gasteiger partial charge in [0.05, 0.1) is 18.1 Å². The number of aromatic nitrogens is 2. The summed E-state index contributed by atoms with van der Waals surface area (Å²) in [6.45, 7) is 10.9. The van der Waals surface area contributed by atoms with Gasteiger partial charge in [-0.3, -0.25) is 15.0 Å². The minimum atomic E-state index is -0.492. The van der Waals surface area contributed by atoms with E-state index in [2.05, 4.69) is 32.0 Å². The number of morpholine rings is 1. The lowest BCUT2D eigenvalue weighted by atomic mass is 10.3. The maximum Gasteiger partial charge on any atom is 0.353 e. The Kier molecular flexibility index (Phi) is 6.58. The van der Waals surface area contributed by atoms with Crippen molar-refractivity contribution < 1.29 is 9.66 Å². The third-order valence-corrected chi connectivity index (χ3v) is 5.01. The highest BCUT2D eigenvalue weighted by Gasteiger charge is 2.29. The summed E-state index contributed by atoms with van der Waals surface area (Å²) in [7, 11) is 0. The number of nitro groups is 1. The molecule has 0 aromatic carbocycles. The molecule has 3 heterocycles. The summed E-state index contributed by atoms with van der Waals surface area (Å²) in [5.74, 6) is 0.535. The third kappa shape index (κ3) is 4.93. The Hall–Kier alpha value is -2.24. The quantitative estimate of drug-likeness (QED) is 0.487. The van der Waals surface area contributed by atoms with Gasteiger partial charge in [0.15, 0.2) is 0 Å². The van der Waals surface area contributed by atoms with E-state index in [0.29, 0.717) is 31.4 Å². The topological polar surface area (TPSA) is 126 Å². The van der Waals surface area contributed by atoms with Crippen molar-refractivity contribution in [2.24, 2.45) is 0 Å². The van der Waals surface area contributed by atoms with Crippen molar-refractivity contribution in [2.75, 3.05) is 88.1 Å². The lowest BCUT2D eigenvalue weighted by Crippen LogP contribution is -2.46. The van der Waals surface area contributed by atoms with Crippen LogP contribution in [0, 0.1) is 10.1 Å². The summed E-state index contributed by atoms with van der Waals surface area (Å²) in [6.07, 6.45) is 0. The molecular weight excluding hydrogens is 352 g/mol. The maximum absolute atomic E-state index is 11.5. The van der Waals surface area contributed by atoms with Crippen molar-refractivity contribution >= 4 is 23.3 Å². The Morgan fingerprint density at radius 3 is 2.48 bits per heavy atom. The molecule has 11 heteroatoms. The Labute approximate surface area is 158 Å². The lowest BCUT2D eigenvalue weighted by molar-refractivity contribution is -0.383. The van der Waals surface area contributed by atoms with Gasteiger partial charge in [0.1, 0.15) is 0 Å². The van der Waals surface area contributed by atoms with E-state index in [9.17, 15) is 10.1 Å². The van der Waals surface area contributed by atoms with Gasteiger partial charge < -0.3 is 25.6 Å². The molecule has 3 N–H and O–H groups in total. The van der Waals surface area contributed by atoms with Gasteiger partial charge in [-0.1, -0.05) is 6.92 Å². The highest BCUT2D eigenvalue weighted by molar-refractivity contribution is 5.71. The molecule has 0 spiro atoms. The minimum Gasteiger partial charge on any atom is -0.379 e. The molecule has 0 aliphatic carbocycles. The molecule has 27 heavy (non-hydrogen) atoms. The van der Waals surface area contributed by atoms with Crippen LogP contribution in [0.5, 0.6) is 0 Å². The summed E-state index contributed by atoms with van der Waals surface area (Å²) in [5.41, 5.74) is 5.69. The Morgan fingerprint density at radius 1 is 1.15 bits per heavy atom. The van der Waals surface area contributed by atoms with Crippen LogP contribution in [0.2, 0.25) is 0 Å². The molecule has 2 aliphatic rings. The van der Waals surface area contributed by atoms with E-state index in [1.54, 1.807) is 0 Å². The van der Waals surface area contributed by atoms with Gasteiger partial charge >= 0.3 is 5.69 Å². The van der Waals surface area contributed by atoms with E-state index < -0.39 is 4.92 Å². The summed E-state index contributed by atoms with van der Waals surface area (Å²) >= 11 is 0. The van der Waals surface area contributed by atoms with Crippen molar-refractivity contribution in [2.45, 2.75) is 6.92 Å². The molecule has 1 aromatic heterocycles. The predicted molar refractivity (Wildman–Crippen MR) is 103 cm³/mol. The van der Waals surface area contributed by atoms with Crippen LogP contribution in [0.1, 0.15) is 6.92 Å². The molecule has 2 fully saturated rings. The van der Waals surface area contributed by atoms with Gasteiger partial charge in [-0.2, -0.15) is 9.97 Å². The molecule has 11 nitrogen and oxygen atoms in total. The standard InChI is InChI=1S/C16H28N8O3/c1-2-21-5-7-23(8-6-21)15-13(24(25)26)14(17)19-16(20-15)18-3-4-22-9-11-27-12-10-22/h2-12H2,1H3,(H3,17,18,19,20). The number of nitrogens with zero attached hydrogens (tertiary/aromatic N) is 6. The van der Waals surface area contributed by atoms with E-state index in [1.165, 1.54) is 0 Å². The average Bonchev–Trinajstić information content (AvgIpc) is 2.68. The first-order valence-electron chi connectivity index (χ1n) is 9.41. The van der Waals surface area contributed by atoms with Crippen molar-refractivity contribution in [3.8, 4) is 0 Å². The number of likely N-dealkylation sites (N-methyl/N-ethyl adjacent to an activating group) is 1. The van der Waals surface area contributed by atoms with Crippen LogP contribution in [0.3, 0.4) is 0 Å². The molecule has 2 saturated heterocycles. The summed E-state index contributed by atoms with van der Waals surface area (Å²) in [6, 6.07) is 0. The van der Waals surface area contributed by atoms with Crippen LogP contribution in [0.15, 0.2) is 0 Å². The number of nitrogen functional groups attached to an aromatic ring is 1. The first-order chi connectivity index (χ1) is 13.1.